The Balaban J connectivity index is 2.41. The van der Waals surface area contributed by atoms with E-state index in [1.807, 2.05) is 19.9 Å². The number of nitrogens with two attached hydrogens (primary N) is 1. The van der Waals surface area contributed by atoms with Gasteiger partial charge in [-0.05, 0) is 56.6 Å². The lowest BCUT2D eigenvalue weighted by Crippen LogP contribution is -2.41. The molecule has 0 fully saturated rings. The number of unbranched alkanes of at least 4 members (excludes halogenated alkanes) is 1. The minimum atomic E-state index is -0.0468. The van der Waals surface area contributed by atoms with Gasteiger partial charge in [-0.1, -0.05) is 13.3 Å². The van der Waals surface area contributed by atoms with Crippen LogP contribution in [0.3, 0.4) is 0 Å². The van der Waals surface area contributed by atoms with E-state index in [2.05, 4.69) is 12.2 Å². The van der Waals surface area contributed by atoms with E-state index < -0.39 is 0 Å². The lowest BCUT2D eigenvalue weighted by atomic mass is 10.0. The highest BCUT2D eigenvalue weighted by Crippen LogP contribution is 2.27. The Hall–Kier alpha value is -1.92. The largest absolute Gasteiger partial charge is 0.461 e. The van der Waals surface area contributed by atoms with Gasteiger partial charge < -0.3 is 9.73 Å². The van der Waals surface area contributed by atoms with E-state index in [4.69, 9.17) is 22.5 Å². The van der Waals surface area contributed by atoms with Gasteiger partial charge in [-0.15, -0.1) is 0 Å². The van der Waals surface area contributed by atoms with Gasteiger partial charge in [-0.25, -0.2) is 5.84 Å². The van der Waals surface area contributed by atoms with Gasteiger partial charge in [-0.2, -0.15) is 0 Å². The van der Waals surface area contributed by atoms with Crippen LogP contribution in [0.25, 0.3) is 11.0 Å². The number of nitrogens with one attached hydrogen (secondary N) is 1. The summed E-state index contributed by atoms with van der Waals surface area (Å²) < 4.78 is 5.72. The van der Waals surface area contributed by atoms with Crippen LogP contribution in [0.2, 0.25) is 0 Å². The van der Waals surface area contributed by atoms with Crippen molar-refractivity contribution in [3.8, 4) is 0 Å². The zero-order valence-electron chi connectivity index (χ0n) is 14.0. The molecule has 0 bridgehead atoms. The summed E-state index contributed by atoms with van der Waals surface area (Å²) in [5.74, 6) is 6.56. The molecule has 0 aliphatic carbocycles. The fourth-order valence-corrected chi connectivity index (χ4v) is 2.72. The SMILES string of the molecule is CCCCN(N)C(=S)Nc1cc(C)c2oc(C)cc(=O)c2c1C. The molecule has 124 valence electrons. The molecule has 0 aliphatic heterocycles. The van der Waals surface area contributed by atoms with E-state index in [1.54, 1.807) is 6.92 Å². The standard InChI is InChI=1S/C17H23N3O2S/c1-5-6-7-20(18)17(23)19-13-8-10(2)16-15(12(13)4)14(21)9-11(3)22-16/h8-9H,5-7,18H2,1-4H3,(H,19,23). The Morgan fingerprint density at radius 3 is 2.70 bits per heavy atom. The molecule has 0 saturated carbocycles. The molecule has 0 unspecified atom stereocenters. The number of aryl methyl sites for hydroxylation is 3. The number of hydrogen-bond acceptors (Lipinski definition) is 4. The van der Waals surface area contributed by atoms with Crippen LogP contribution in [0.15, 0.2) is 21.3 Å². The average Bonchev–Trinajstić information content (AvgIpc) is 2.49. The maximum atomic E-state index is 12.3. The molecule has 0 amide bonds. The van der Waals surface area contributed by atoms with E-state index >= 15 is 0 Å². The molecule has 0 spiro atoms. The first kappa shape index (κ1) is 17.4. The molecule has 5 nitrogen and oxygen atoms in total. The van der Waals surface area contributed by atoms with Crippen LogP contribution < -0.4 is 16.6 Å². The second kappa shape index (κ2) is 7.10. The van der Waals surface area contributed by atoms with Gasteiger partial charge in [0.15, 0.2) is 10.5 Å². The third-order valence-electron chi connectivity index (χ3n) is 3.82. The maximum Gasteiger partial charge on any atom is 0.193 e. The van der Waals surface area contributed by atoms with Crippen molar-refractivity contribution in [1.29, 1.82) is 0 Å². The van der Waals surface area contributed by atoms with Gasteiger partial charge in [0.05, 0.1) is 5.39 Å². The van der Waals surface area contributed by atoms with Crippen LogP contribution in [0.1, 0.15) is 36.7 Å². The van der Waals surface area contributed by atoms with Crippen molar-refractivity contribution < 1.29 is 4.42 Å². The lowest BCUT2D eigenvalue weighted by Gasteiger charge is -2.21. The Morgan fingerprint density at radius 2 is 2.04 bits per heavy atom. The summed E-state index contributed by atoms with van der Waals surface area (Å²) in [6.45, 7) is 8.36. The van der Waals surface area contributed by atoms with Crippen molar-refractivity contribution in [2.75, 3.05) is 11.9 Å². The normalized spacial score (nSPS) is 10.8. The van der Waals surface area contributed by atoms with E-state index in [1.165, 1.54) is 11.1 Å². The van der Waals surface area contributed by atoms with Crippen LogP contribution in [0, 0.1) is 20.8 Å². The Kier molecular flexibility index (Phi) is 5.38. The highest BCUT2D eigenvalue weighted by molar-refractivity contribution is 7.80. The predicted molar refractivity (Wildman–Crippen MR) is 98.7 cm³/mol. The van der Waals surface area contributed by atoms with Gasteiger partial charge in [0, 0.05) is 18.3 Å². The zero-order chi connectivity index (χ0) is 17.1. The summed E-state index contributed by atoms with van der Waals surface area (Å²) in [6, 6.07) is 3.44. The maximum absolute atomic E-state index is 12.3. The molecule has 0 atom stereocenters. The van der Waals surface area contributed by atoms with Gasteiger partial charge in [-0.3, -0.25) is 9.80 Å². The predicted octanol–water partition coefficient (Wildman–Crippen LogP) is 3.39. The van der Waals surface area contributed by atoms with Crippen LogP contribution in [0.4, 0.5) is 5.69 Å². The smallest absolute Gasteiger partial charge is 0.193 e. The molecule has 0 saturated heterocycles. The fraction of sp³-hybridized carbons (Fsp3) is 0.412. The number of hydrazine groups is 1. The van der Waals surface area contributed by atoms with Crippen molar-refractivity contribution in [1.82, 2.24) is 5.01 Å². The van der Waals surface area contributed by atoms with Crippen molar-refractivity contribution in [2.45, 2.75) is 40.5 Å². The number of fused-ring (bicyclic) bond motifs is 1. The van der Waals surface area contributed by atoms with Crippen molar-refractivity contribution in [3.05, 3.63) is 39.2 Å². The third kappa shape index (κ3) is 3.71. The lowest BCUT2D eigenvalue weighted by molar-refractivity contribution is 0.433. The summed E-state index contributed by atoms with van der Waals surface area (Å²) in [5, 5.41) is 5.69. The molecule has 0 aliphatic rings. The molecule has 1 aromatic heterocycles. The Labute approximate surface area is 141 Å². The summed E-state index contributed by atoms with van der Waals surface area (Å²) >= 11 is 5.34. The van der Waals surface area contributed by atoms with Crippen LogP contribution >= 0.6 is 12.2 Å². The van der Waals surface area contributed by atoms with Crippen LogP contribution in [0.5, 0.6) is 0 Å². The second-order valence-electron chi connectivity index (χ2n) is 5.77. The number of rotatable bonds is 4. The molecule has 1 heterocycles. The quantitative estimate of drug-likeness (QED) is 0.508. The molecular weight excluding hydrogens is 310 g/mol. The number of nitrogens with zero attached hydrogens (tertiary/aromatic N) is 1. The number of anilines is 1. The van der Waals surface area contributed by atoms with Gasteiger partial charge in [0.25, 0.3) is 0 Å². The van der Waals surface area contributed by atoms with Crippen LogP contribution in [-0.4, -0.2) is 16.7 Å². The van der Waals surface area contributed by atoms with Gasteiger partial charge in [0.1, 0.15) is 11.3 Å². The highest BCUT2D eigenvalue weighted by Gasteiger charge is 2.14. The first-order valence-electron chi connectivity index (χ1n) is 7.73. The van der Waals surface area contributed by atoms with Crippen molar-refractivity contribution in [2.24, 2.45) is 5.84 Å². The van der Waals surface area contributed by atoms with Crippen molar-refractivity contribution >= 4 is 34.0 Å². The molecule has 2 rings (SSSR count). The second-order valence-corrected chi connectivity index (χ2v) is 6.16. The topological polar surface area (TPSA) is 71.5 Å². The summed E-state index contributed by atoms with van der Waals surface area (Å²) in [5.41, 5.74) is 3.05. The number of hydrogen-bond donors (Lipinski definition) is 2. The van der Waals surface area contributed by atoms with E-state index in [9.17, 15) is 4.79 Å². The average molecular weight is 333 g/mol. The third-order valence-corrected chi connectivity index (χ3v) is 4.16. The summed E-state index contributed by atoms with van der Waals surface area (Å²) in [7, 11) is 0. The van der Waals surface area contributed by atoms with E-state index in [0.29, 0.717) is 28.4 Å². The molecule has 2 aromatic rings. The zero-order valence-corrected chi connectivity index (χ0v) is 14.8. The van der Waals surface area contributed by atoms with Gasteiger partial charge >= 0.3 is 0 Å². The molecule has 3 N–H and O–H groups in total. The molecule has 23 heavy (non-hydrogen) atoms. The number of thiocarbonyl (C=S) groups is 1. The van der Waals surface area contributed by atoms with E-state index in [-0.39, 0.29) is 5.43 Å². The Bertz CT molecular complexity index is 799. The molecule has 6 heteroatoms. The number of benzene rings is 1. The van der Waals surface area contributed by atoms with Crippen molar-refractivity contribution in [3.63, 3.8) is 0 Å². The monoisotopic (exact) mass is 333 g/mol. The first-order valence-corrected chi connectivity index (χ1v) is 8.13. The minimum Gasteiger partial charge on any atom is -0.461 e. The minimum absolute atomic E-state index is 0.0468. The molecular formula is C17H23N3O2S. The fourth-order valence-electron chi connectivity index (χ4n) is 2.51. The highest BCUT2D eigenvalue weighted by atomic mass is 32.1. The summed E-state index contributed by atoms with van der Waals surface area (Å²) in [6.07, 6.45) is 2.02. The summed E-state index contributed by atoms with van der Waals surface area (Å²) in [4.78, 5) is 12.3. The van der Waals surface area contributed by atoms with Gasteiger partial charge in [0.2, 0.25) is 0 Å². The molecule has 1 aromatic carbocycles. The first-order chi connectivity index (χ1) is 10.8. The molecule has 0 radical (unpaired) electrons. The van der Waals surface area contributed by atoms with E-state index in [0.717, 1.165) is 29.7 Å². The van der Waals surface area contributed by atoms with Crippen LogP contribution in [-0.2, 0) is 0 Å². The Morgan fingerprint density at radius 1 is 1.35 bits per heavy atom.